The molecule has 116 valence electrons. The van der Waals surface area contributed by atoms with E-state index in [-0.39, 0.29) is 5.75 Å². The lowest BCUT2D eigenvalue weighted by Gasteiger charge is -2.20. The van der Waals surface area contributed by atoms with Crippen molar-refractivity contribution in [3.05, 3.63) is 0 Å². The minimum atomic E-state index is -1.11. The van der Waals surface area contributed by atoms with E-state index in [1.165, 1.54) is 18.7 Å². The van der Waals surface area contributed by atoms with Gasteiger partial charge in [-0.15, -0.1) is 0 Å². The van der Waals surface area contributed by atoms with Crippen LogP contribution in [-0.2, 0) is 14.4 Å². The number of nitrogens with two attached hydrogens (primary N) is 1. The molecular weight excluding hydrogens is 302 g/mol. The van der Waals surface area contributed by atoms with Crippen LogP contribution in [0.2, 0.25) is 0 Å². The molecule has 0 bridgehead atoms. The maximum Gasteiger partial charge on any atom is 0.326 e. The van der Waals surface area contributed by atoms with Crippen LogP contribution in [0, 0.1) is 0 Å². The first-order chi connectivity index (χ1) is 9.33. The summed E-state index contributed by atoms with van der Waals surface area (Å²) in [6.45, 7) is 1.49. The molecule has 3 atom stereocenters. The highest BCUT2D eigenvalue weighted by molar-refractivity contribution is 7.98. The second kappa shape index (κ2) is 9.89. The molecule has 0 aromatic carbocycles. The van der Waals surface area contributed by atoms with Gasteiger partial charge >= 0.3 is 5.97 Å². The Hall–Kier alpha value is -0.930. The van der Waals surface area contributed by atoms with E-state index < -0.39 is 35.9 Å². The smallest absolute Gasteiger partial charge is 0.326 e. The average molecular weight is 323 g/mol. The molecule has 0 aromatic heterocycles. The summed E-state index contributed by atoms with van der Waals surface area (Å²) in [6, 6.07) is -2.64. The van der Waals surface area contributed by atoms with Crippen LogP contribution in [0.5, 0.6) is 0 Å². The van der Waals surface area contributed by atoms with Gasteiger partial charge in [-0.05, 0) is 25.4 Å². The van der Waals surface area contributed by atoms with E-state index in [0.29, 0.717) is 12.2 Å². The quantitative estimate of drug-likeness (QED) is 0.350. The van der Waals surface area contributed by atoms with Crippen LogP contribution in [-0.4, -0.2) is 58.8 Å². The topological polar surface area (TPSA) is 122 Å². The molecule has 0 rings (SSSR count). The Morgan fingerprint density at radius 2 is 1.80 bits per heavy atom. The Balaban J connectivity index is 4.58. The molecule has 0 aliphatic carbocycles. The van der Waals surface area contributed by atoms with Crippen molar-refractivity contribution in [3.8, 4) is 0 Å². The summed E-state index contributed by atoms with van der Waals surface area (Å²) in [5.74, 6) is -1.52. The summed E-state index contributed by atoms with van der Waals surface area (Å²) in [7, 11) is 0. The van der Waals surface area contributed by atoms with Crippen molar-refractivity contribution in [2.24, 2.45) is 5.73 Å². The van der Waals surface area contributed by atoms with Crippen LogP contribution in [0.4, 0.5) is 0 Å². The monoisotopic (exact) mass is 323 g/mol. The average Bonchev–Trinajstić information content (AvgIpc) is 2.39. The van der Waals surface area contributed by atoms with E-state index in [9.17, 15) is 14.4 Å². The SMILES string of the molecule is CSCCC(NC(=O)C(CS)NC(=O)C(C)N)C(=O)O. The van der Waals surface area contributed by atoms with Gasteiger partial charge in [-0.25, -0.2) is 4.79 Å². The third kappa shape index (κ3) is 7.01. The molecule has 9 heteroatoms. The number of carboxylic acid groups (broad SMARTS) is 1. The third-order valence-electron chi connectivity index (χ3n) is 2.45. The maximum absolute atomic E-state index is 11.9. The fourth-order valence-electron chi connectivity index (χ4n) is 1.26. The number of carbonyl (C=O) groups excluding carboxylic acids is 2. The fourth-order valence-corrected chi connectivity index (χ4v) is 1.99. The van der Waals surface area contributed by atoms with E-state index in [4.69, 9.17) is 10.8 Å². The van der Waals surface area contributed by atoms with E-state index in [1.54, 1.807) is 0 Å². The number of hydrogen-bond acceptors (Lipinski definition) is 6. The van der Waals surface area contributed by atoms with Gasteiger partial charge < -0.3 is 21.5 Å². The van der Waals surface area contributed by atoms with Gasteiger partial charge in [0, 0.05) is 5.75 Å². The Morgan fingerprint density at radius 3 is 2.20 bits per heavy atom. The molecule has 0 saturated heterocycles. The first kappa shape index (κ1) is 19.1. The van der Waals surface area contributed by atoms with Crippen LogP contribution < -0.4 is 16.4 Å². The number of rotatable bonds is 9. The molecule has 0 aromatic rings. The summed E-state index contributed by atoms with van der Waals surface area (Å²) in [5, 5.41) is 13.8. The highest BCUT2D eigenvalue weighted by atomic mass is 32.2. The maximum atomic E-state index is 11.9. The first-order valence-electron chi connectivity index (χ1n) is 6.02. The molecule has 0 aliphatic heterocycles. The molecule has 5 N–H and O–H groups in total. The molecule has 0 heterocycles. The zero-order valence-corrected chi connectivity index (χ0v) is 13.2. The minimum absolute atomic E-state index is 0.0547. The zero-order chi connectivity index (χ0) is 15.7. The van der Waals surface area contributed by atoms with Crippen molar-refractivity contribution < 1.29 is 19.5 Å². The predicted octanol–water partition coefficient (Wildman–Crippen LogP) is -0.929. The lowest BCUT2D eigenvalue weighted by atomic mass is 10.2. The van der Waals surface area contributed by atoms with Gasteiger partial charge in [0.1, 0.15) is 12.1 Å². The number of nitrogens with one attached hydrogen (secondary N) is 2. The Labute approximate surface area is 127 Å². The second-order valence-electron chi connectivity index (χ2n) is 4.21. The fraction of sp³-hybridized carbons (Fsp3) is 0.727. The van der Waals surface area contributed by atoms with E-state index in [0.717, 1.165) is 0 Å². The van der Waals surface area contributed by atoms with E-state index >= 15 is 0 Å². The van der Waals surface area contributed by atoms with Crippen LogP contribution in [0.3, 0.4) is 0 Å². The molecule has 0 saturated carbocycles. The van der Waals surface area contributed by atoms with Crippen LogP contribution in [0.25, 0.3) is 0 Å². The standard InChI is InChI=1S/C11H21N3O4S2/c1-6(12)9(15)14-8(5-19)10(16)13-7(11(17)18)3-4-20-2/h6-8,19H,3-5,12H2,1-2H3,(H,13,16)(H,14,15)(H,17,18). The first-order valence-corrected chi connectivity index (χ1v) is 8.05. The summed E-state index contributed by atoms with van der Waals surface area (Å²) >= 11 is 5.46. The number of amides is 2. The number of hydrogen-bond donors (Lipinski definition) is 5. The van der Waals surface area contributed by atoms with E-state index in [2.05, 4.69) is 23.3 Å². The number of thiol groups is 1. The van der Waals surface area contributed by atoms with Crippen molar-refractivity contribution in [3.63, 3.8) is 0 Å². The molecule has 2 amide bonds. The van der Waals surface area contributed by atoms with Crippen molar-refractivity contribution in [1.82, 2.24) is 10.6 Å². The van der Waals surface area contributed by atoms with E-state index in [1.807, 2.05) is 6.26 Å². The lowest BCUT2D eigenvalue weighted by Crippen LogP contribution is -2.54. The molecule has 0 fully saturated rings. The van der Waals surface area contributed by atoms with Gasteiger partial charge in [0.2, 0.25) is 11.8 Å². The molecule has 0 aliphatic rings. The van der Waals surface area contributed by atoms with Crippen molar-refractivity contribution >= 4 is 42.2 Å². The third-order valence-corrected chi connectivity index (χ3v) is 3.46. The molecule has 20 heavy (non-hydrogen) atoms. The number of aliphatic carboxylic acids is 1. The molecule has 3 unspecified atom stereocenters. The zero-order valence-electron chi connectivity index (χ0n) is 11.5. The Kier molecular flexibility index (Phi) is 9.43. The summed E-state index contributed by atoms with van der Waals surface area (Å²) < 4.78 is 0. The van der Waals surface area contributed by atoms with Crippen LogP contribution in [0.15, 0.2) is 0 Å². The number of carboxylic acids is 1. The van der Waals surface area contributed by atoms with Gasteiger partial charge in [-0.1, -0.05) is 0 Å². The predicted molar refractivity (Wildman–Crippen MR) is 82.0 cm³/mol. The summed E-state index contributed by atoms with van der Waals surface area (Å²) in [6.07, 6.45) is 2.16. The van der Waals surface area contributed by atoms with Crippen LogP contribution in [0.1, 0.15) is 13.3 Å². The Morgan fingerprint density at radius 1 is 1.25 bits per heavy atom. The Bertz CT molecular complexity index is 353. The van der Waals surface area contributed by atoms with Crippen LogP contribution >= 0.6 is 24.4 Å². The van der Waals surface area contributed by atoms with Gasteiger partial charge in [-0.3, -0.25) is 9.59 Å². The largest absolute Gasteiger partial charge is 0.480 e. The highest BCUT2D eigenvalue weighted by Crippen LogP contribution is 2.02. The number of thioether (sulfide) groups is 1. The molecule has 0 spiro atoms. The van der Waals surface area contributed by atoms with Crippen molar-refractivity contribution in [1.29, 1.82) is 0 Å². The summed E-state index contributed by atoms with van der Waals surface area (Å²) in [5.41, 5.74) is 5.39. The van der Waals surface area contributed by atoms with Gasteiger partial charge in [0.05, 0.1) is 6.04 Å². The normalized spacial score (nSPS) is 15.0. The van der Waals surface area contributed by atoms with Crippen molar-refractivity contribution in [2.75, 3.05) is 17.8 Å². The highest BCUT2D eigenvalue weighted by Gasteiger charge is 2.25. The van der Waals surface area contributed by atoms with Gasteiger partial charge in [-0.2, -0.15) is 24.4 Å². The number of carbonyl (C=O) groups is 3. The molecule has 0 radical (unpaired) electrons. The van der Waals surface area contributed by atoms with Gasteiger partial charge in [0.25, 0.3) is 0 Å². The minimum Gasteiger partial charge on any atom is -0.480 e. The molecule has 7 nitrogen and oxygen atoms in total. The van der Waals surface area contributed by atoms with Gasteiger partial charge in [0.15, 0.2) is 0 Å². The lowest BCUT2D eigenvalue weighted by molar-refractivity contribution is -0.142. The summed E-state index contributed by atoms with van der Waals surface area (Å²) in [4.78, 5) is 34.4. The van der Waals surface area contributed by atoms with Crippen molar-refractivity contribution in [2.45, 2.75) is 31.5 Å². The second-order valence-corrected chi connectivity index (χ2v) is 5.56. The molecular formula is C11H21N3O4S2.